The standard InChI is InChI=1S/C13H18N6O5S2/c1-3-6-17-7-8-25-12(17)16-26(22,23)15-10(20)19-13(21)18(9-4-5-9)11(14-19)24-2/h7-9H,3-6H2,1-2H3,(H,15,20)/b16-12-. The van der Waals surface area contributed by atoms with Crippen LogP contribution in [0, 0.1) is 0 Å². The summed E-state index contributed by atoms with van der Waals surface area (Å²) in [5.41, 5.74) is -0.755. The summed E-state index contributed by atoms with van der Waals surface area (Å²) >= 11 is 1.12. The Balaban J connectivity index is 1.88. The fourth-order valence-corrected chi connectivity index (χ4v) is 4.08. The maximum atomic E-state index is 12.3. The average molecular weight is 402 g/mol. The molecule has 1 N–H and O–H groups in total. The molecule has 2 aromatic heterocycles. The van der Waals surface area contributed by atoms with Crippen molar-refractivity contribution >= 4 is 27.6 Å². The average Bonchev–Trinajstić information content (AvgIpc) is 3.23. The minimum Gasteiger partial charge on any atom is -0.467 e. The maximum absolute atomic E-state index is 12.3. The van der Waals surface area contributed by atoms with E-state index in [2.05, 4.69) is 9.50 Å². The number of hydrogen-bond donors (Lipinski definition) is 1. The van der Waals surface area contributed by atoms with E-state index in [1.54, 1.807) is 20.9 Å². The van der Waals surface area contributed by atoms with Crippen LogP contribution in [-0.2, 0) is 16.8 Å². The second kappa shape index (κ2) is 7.07. The van der Waals surface area contributed by atoms with Crippen LogP contribution in [0.1, 0.15) is 32.2 Å². The molecule has 2 aromatic rings. The van der Waals surface area contributed by atoms with Gasteiger partial charge in [0, 0.05) is 24.2 Å². The number of carbonyl (C=O) groups excluding carboxylic acids is 1. The van der Waals surface area contributed by atoms with Crippen LogP contribution in [0.15, 0.2) is 20.8 Å². The lowest BCUT2D eigenvalue weighted by atomic mass is 10.5. The summed E-state index contributed by atoms with van der Waals surface area (Å²) in [6.07, 6.45) is 4.04. The molecule has 13 heteroatoms. The Labute approximate surface area is 152 Å². The molecule has 0 radical (unpaired) electrons. The van der Waals surface area contributed by atoms with E-state index in [0.29, 0.717) is 11.2 Å². The number of rotatable bonds is 6. The van der Waals surface area contributed by atoms with Gasteiger partial charge in [-0.1, -0.05) is 6.92 Å². The zero-order valence-electron chi connectivity index (χ0n) is 14.2. The molecule has 1 aliphatic rings. The molecule has 0 aliphatic heterocycles. The van der Waals surface area contributed by atoms with Crippen molar-refractivity contribution in [1.29, 1.82) is 0 Å². The highest BCUT2D eigenvalue weighted by atomic mass is 32.2. The Bertz CT molecular complexity index is 1040. The number of aromatic nitrogens is 4. The van der Waals surface area contributed by atoms with Crippen molar-refractivity contribution < 1.29 is 17.9 Å². The smallest absolute Gasteiger partial charge is 0.361 e. The summed E-state index contributed by atoms with van der Waals surface area (Å²) in [7, 11) is -3.04. The molecule has 26 heavy (non-hydrogen) atoms. The molecule has 3 rings (SSSR count). The van der Waals surface area contributed by atoms with Gasteiger partial charge in [0.15, 0.2) is 0 Å². The van der Waals surface area contributed by atoms with Crippen LogP contribution in [0.3, 0.4) is 0 Å². The van der Waals surface area contributed by atoms with Crippen molar-refractivity contribution in [1.82, 2.24) is 23.6 Å². The third kappa shape index (κ3) is 3.72. The Morgan fingerprint density at radius 2 is 2.23 bits per heavy atom. The van der Waals surface area contributed by atoms with Gasteiger partial charge in [0.1, 0.15) is 0 Å². The molecule has 0 spiro atoms. The van der Waals surface area contributed by atoms with Crippen LogP contribution >= 0.6 is 11.3 Å². The van der Waals surface area contributed by atoms with Gasteiger partial charge in [0.05, 0.1) is 7.11 Å². The normalized spacial score (nSPS) is 15.2. The third-order valence-electron chi connectivity index (χ3n) is 3.60. The number of thiazole rings is 1. The van der Waals surface area contributed by atoms with Crippen molar-refractivity contribution in [2.45, 2.75) is 38.8 Å². The SMILES string of the molecule is CCCn1ccs/c1=N\S(=O)(=O)NC(=O)n1nc(OC)n(C2CC2)c1=O. The summed E-state index contributed by atoms with van der Waals surface area (Å²) in [6.45, 7) is 2.54. The van der Waals surface area contributed by atoms with Crippen LogP contribution in [0.25, 0.3) is 0 Å². The van der Waals surface area contributed by atoms with Crippen molar-refractivity contribution in [3.63, 3.8) is 0 Å². The topological polar surface area (TPSA) is 130 Å². The van der Waals surface area contributed by atoms with Crippen molar-refractivity contribution in [3.05, 3.63) is 26.9 Å². The van der Waals surface area contributed by atoms with Gasteiger partial charge in [-0.25, -0.2) is 18.9 Å². The van der Waals surface area contributed by atoms with Crippen LogP contribution in [0.5, 0.6) is 6.01 Å². The molecular weight excluding hydrogens is 384 g/mol. The van der Waals surface area contributed by atoms with E-state index >= 15 is 0 Å². The third-order valence-corrected chi connectivity index (χ3v) is 5.36. The first-order valence-corrected chi connectivity index (χ1v) is 10.2. The second-order valence-corrected chi connectivity index (χ2v) is 7.84. The largest absolute Gasteiger partial charge is 0.467 e. The summed E-state index contributed by atoms with van der Waals surface area (Å²) in [6, 6.07) is -1.34. The van der Waals surface area contributed by atoms with Gasteiger partial charge in [-0.3, -0.25) is 0 Å². The number of aryl methyl sites for hydroxylation is 1. The summed E-state index contributed by atoms with van der Waals surface area (Å²) in [5.74, 6) is 0. The number of amides is 1. The molecule has 1 aliphatic carbocycles. The number of nitrogens with one attached hydrogen (secondary N) is 1. The Morgan fingerprint density at radius 1 is 1.50 bits per heavy atom. The van der Waals surface area contributed by atoms with Crippen molar-refractivity contribution in [3.8, 4) is 6.01 Å². The number of nitrogens with zero attached hydrogens (tertiary/aromatic N) is 5. The molecule has 0 unspecified atom stereocenters. The maximum Gasteiger partial charge on any atom is 0.361 e. The van der Waals surface area contributed by atoms with Crippen LogP contribution in [0.2, 0.25) is 0 Å². The quantitative estimate of drug-likeness (QED) is 0.727. The molecule has 1 saturated carbocycles. The molecule has 0 saturated heterocycles. The molecule has 2 heterocycles. The van der Waals surface area contributed by atoms with Crippen molar-refractivity contribution in [2.75, 3.05) is 7.11 Å². The first-order chi connectivity index (χ1) is 12.4. The first-order valence-electron chi connectivity index (χ1n) is 7.89. The Morgan fingerprint density at radius 3 is 2.85 bits per heavy atom. The van der Waals surface area contributed by atoms with E-state index < -0.39 is 21.9 Å². The van der Waals surface area contributed by atoms with Gasteiger partial charge in [-0.2, -0.15) is 8.42 Å². The van der Waals surface area contributed by atoms with Crippen molar-refractivity contribution in [2.24, 2.45) is 4.40 Å². The van der Waals surface area contributed by atoms with E-state index in [4.69, 9.17) is 4.74 Å². The highest BCUT2D eigenvalue weighted by Gasteiger charge is 2.32. The predicted octanol–water partition coefficient (Wildman–Crippen LogP) is 0.0647. The molecule has 1 fully saturated rings. The zero-order chi connectivity index (χ0) is 18.9. The van der Waals surface area contributed by atoms with E-state index in [1.807, 2.05) is 6.92 Å². The highest BCUT2D eigenvalue weighted by molar-refractivity contribution is 7.88. The molecule has 0 bridgehead atoms. The van der Waals surface area contributed by atoms with E-state index in [1.165, 1.54) is 11.7 Å². The minimum absolute atomic E-state index is 0.0407. The van der Waals surface area contributed by atoms with Gasteiger partial charge in [-0.15, -0.1) is 25.5 Å². The number of ether oxygens (including phenoxy) is 1. The zero-order valence-corrected chi connectivity index (χ0v) is 15.8. The van der Waals surface area contributed by atoms with Crippen LogP contribution in [0.4, 0.5) is 4.79 Å². The molecular formula is C13H18N6O5S2. The van der Waals surface area contributed by atoms with Crippen LogP contribution in [-0.4, -0.2) is 40.5 Å². The lowest BCUT2D eigenvalue weighted by Gasteiger charge is -2.02. The fraction of sp³-hybridized carbons (Fsp3) is 0.538. The number of hydrogen-bond acceptors (Lipinski definition) is 7. The highest BCUT2D eigenvalue weighted by Crippen LogP contribution is 2.35. The lowest BCUT2D eigenvalue weighted by molar-refractivity contribution is 0.243. The Kier molecular flexibility index (Phi) is 5.00. The van der Waals surface area contributed by atoms with Gasteiger partial charge >= 0.3 is 27.9 Å². The fourth-order valence-electron chi connectivity index (χ4n) is 2.34. The second-order valence-electron chi connectivity index (χ2n) is 5.63. The lowest BCUT2D eigenvalue weighted by Crippen LogP contribution is -2.40. The van der Waals surface area contributed by atoms with Crippen LogP contribution < -0.4 is 20.0 Å². The van der Waals surface area contributed by atoms with E-state index in [9.17, 15) is 18.0 Å². The molecule has 11 nitrogen and oxygen atoms in total. The van der Waals surface area contributed by atoms with Gasteiger partial charge in [-0.05, 0) is 19.3 Å². The first kappa shape index (κ1) is 18.4. The van der Waals surface area contributed by atoms with E-state index in [0.717, 1.165) is 30.6 Å². The summed E-state index contributed by atoms with van der Waals surface area (Å²) in [5, 5.41) is 5.43. The minimum atomic E-state index is -4.36. The predicted molar refractivity (Wildman–Crippen MR) is 92.3 cm³/mol. The summed E-state index contributed by atoms with van der Waals surface area (Å²) in [4.78, 5) is 24.8. The number of methoxy groups -OCH3 is 1. The molecule has 0 atom stereocenters. The monoisotopic (exact) mass is 402 g/mol. The Hall–Kier alpha value is -2.41. The van der Waals surface area contributed by atoms with E-state index in [-0.39, 0.29) is 16.9 Å². The summed E-state index contributed by atoms with van der Waals surface area (Å²) < 4.78 is 38.0. The number of carbonyl (C=O) groups is 1. The van der Waals surface area contributed by atoms with Gasteiger partial charge in [0.25, 0.3) is 0 Å². The van der Waals surface area contributed by atoms with Gasteiger partial charge < -0.3 is 9.30 Å². The molecule has 0 aromatic carbocycles. The van der Waals surface area contributed by atoms with Gasteiger partial charge in [0.2, 0.25) is 4.80 Å². The molecule has 142 valence electrons. The molecule has 1 amide bonds.